The van der Waals surface area contributed by atoms with Gasteiger partial charge in [-0.05, 0) is 26.2 Å². The van der Waals surface area contributed by atoms with E-state index in [1.807, 2.05) is 0 Å². The highest BCUT2D eigenvalue weighted by molar-refractivity contribution is 5.91. The van der Waals surface area contributed by atoms with Crippen LogP contribution in [-0.4, -0.2) is 29.6 Å². The third-order valence-corrected chi connectivity index (χ3v) is 3.26. The van der Waals surface area contributed by atoms with E-state index in [0.29, 0.717) is 6.47 Å². The van der Waals surface area contributed by atoms with Gasteiger partial charge < -0.3 is 9.84 Å². The number of rotatable bonds is 13. The highest BCUT2D eigenvalue weighted by Crippen LogP contribution is 2.14. The van der Waals surface area contributed by atoms with Crippen LogP contribution in [-0.2, 0) is 14.3 Å². The number of hydrogen-bond donors (Lipinski definition) is 1. The van der Waals surface area contributed by atoms with Crippen LogP contribution in [0.15, 0.2) is 12.2 Å². The van der Waals surface area contributed by atoms with Crippen molar-refractivity contribution in [1.29, 1.82) is 0 Å². The lowest BCUT2D eigenvalue weighted by Gasteiger charge is -2.16. The minimum Gasteiger partial charge on any atom is -0.464 e. The normalized spacial score (nSPS) is 15.6. The van der Waals surface area contributed by atoms with Crippen molar-refractivity contribution in [3.05, 3.63) is 31.4 Å². The lowest BCUT2D eigenvalue weighted by atomic mass is 9.94. The number of carbonyl (C=O) groups is 2. The summed E-state index contributed by atoms with van der Waals surface area (Å²) in [7, 11) is 0. The molecule has 0 aromatic carbocycles. The predicted molar refractivity (Wildman–Crippen MR) is 83.0 cm³/mol. The maximum Gasteiger partial charge on any atom is 0.293 e. The van der Waals surface area contributed by atoms with Crippen LogP contribution in [0.3, 0.4) is 0 Å². The summed E-state index contributed by atoms with van der Waals surface area (Å²) >= 11 is 0. The van der Waals surface area contributed by atoms with Crippen LogP contribution >= 0.6 is 0 Å². The van der Waals surface area contributed by atoms with E-state index in [1.54, 1.807) is 38.8 Å². The molecule has 0 aliphatic heterocycles. The Labute approximate surface area is 128 Å². The van der Waals surface area contributed by atoms with Gasteiger partial charge in [-0.15, -0.1) is 0 Å². The molecule has 0 heterocycles. The summed E-state index contributed by atoms with van der Waals surface area (Å²) in [6.07, 6.45) is 10.9. The Hall–Kier alpha value is -1.16. The first-order valence-electron chi connectivity index (χ1n) is 7.52. The number of allylic oxidation sites excluding steroid dienone is 1. The van der Waals surface area contributed by atoms with Crippen LogP contribution in [0.5, 0.6) is 0 Å². The molecule has 0 aliphatic carbocycles. The fraction of sp³-hybridized carbons (Fsp3) is 0.588. The van der Waals surface area contributed by atoms with Crippen molar-refractivity contribution in [1.82, 2.24) is 0 Å². The predicted octanol–water partition coefficient (Wildman–Crippen LogP) is 2.86. The van der Waals surface area contributed by atoms with E-state index in [-0.39, 0.29) is 11.9 Å². The van der Waals surface area contributed by atoms with E-state index in [4.69, 9.17) is 4.74 Å². The van der Waals surface area contributed by atoms with E-state index in [1.165, 1.54) is 6.42 Å². The van der Waals surface area contributed by atoms with Crippen LogP contribution in [0.25, 0.3) is 0 Å². The molecule has 0 unspecified atom stereocenters. The molecule has 0 bridgehead atoms. The molecule has 0 aromatic rings. The molecule has 4 heteroatoms. The maximum atomic E-state index is 11.8. The Balaban J connectivity index is 4.06. The van der Waals surface area contributed by atoms with Gasteiger partial charge in [-0.2, -0.15) is 0 Å². The highest BCUT2D eigenvalue weighted by Gasteiger charge is 2.20. The van der Waals surface area contributed by atoms with Crippen LogP contribution in [0.4, 0.5) is 0 Å². The number of unbranched alkanes of at least 4 members (excludes halogenated alkanes) is 2. The van der Waals surface area contributed by atoms with Gasteiger partial charge in [-0.1, -0.05) is 38.8 Å². The van der Waals surface area contributed by atoms with Crippen molar-refractivity contribution in [2.24, 2.45) is 5.92 Å². The molecule has 3 atom stereocenters. The molecule has 3 radical (unpaired) electrons. The molecule has 0 saturated carbocycles. The maximum absolute atomic E-state index is 11.8. The number of carbonyl (C=O) groups excluding carboxylic acids is 2. The van der Waals surface area contributed by atoms with Gasteiger partial charge in [0.25, 0.3) is 6.47 Å². The lowest BCUT2D eigenvalue weighted by Crippen LogP contribution is -2.25. The second-order valence-electron chi connectivity index (χ2n) is 5.03. The highest BCUT2D eigenvalue weighted by atomic mass is 16.5. The summed E-state index contributed by atoms with van der Waals surface area (Å²) < 4.78 is 4.96. The third-order valence-electron chi connectivity index (χ3n) is 3.26. The van der Waals surface area contributed by atoms with E-state index < -0.39 is 12.0 Å². The molecule has 0 amide bonds. The van der Waals surface area contributed by atoms with Crippen LogP contribution < -0.4 is 0 Å². The van der Waals surface area contributed by atoms with Crippen molar-refractivity contribution in [3.8, 4) is 0 Å². The first kappa shape index (κ1) is 19.8. The Bertz CT molecular complexity index is 312. The number of hydrogen-bond acceptors (Lipinski definition) is 4. The smallest absolute Gasteiger partial charge is 0.293 e. The average Bonchev–Trinajstić information content (AvgIpc) is 2.46. The summed E-state index contributed by atoms with van der Waals surface area (Å²) in [6.45, 7) is 6.01. The van der Waals surface area contributed by atoms with Crippen molar-refractivity contribution in [2.45, 2.75) is 58.7 Å². The van der Waals surface area contributed by atoms with Gasteiger partial charge in [-0.25, -0.2) is 0 Å². The Morgan fingerprint density at radius 2 is 2.05 bits per heavy atom. The summed E-state index contributed by atoms with van der Waals surface area (Å²) in [6, 6.07) is 0. The van der Waals surface area contributed by atoms with Crippen molar-refractivity contribution < 1.29 is 19.4 Å². The lowest BCUT2D eigenvalue weighted by molar-refractivity contribution is -0.132. The van der Waals surface area contributed by atoms with E-state index in [0.717, 1.165) is 25.7 Å². The Morgan fingerprint density at radius 3 is 2.62 bits per heavy atom. The number of aliphatic hydroxyl groups is 1. The van der Waals surface area contributed by atoms with Gasteiger partial charge in [-0.3, -0.25) is 9.59 Å². The summed E-state index contributed by atoms with van der Waals surface area (Å²) in [5.74, 6) is -0.647. The fourth-order valence-electron chi connectivity index (χ4n) is 1.83. The number of ether oxygens (including phenoxy) is 1. The number of Topliss-reactive ketones (excluding diaryl/α,β-unsaturated/α-hetero) is 1. The second kappa shape index (κ2) is 12.6. The van der Waals surface area contributed by atoms with Crippen molar-refractivity contribution in [3.63, 3.8) is 0 Å². The van der Waals surface area contributed by atoms with Crippen LogP contribution in [0, 0.1) is 25.2 Å². The van der Waals surface area contributed by atoms with Crippen LogP contribution in [0.1, 0.15) is 46.5 Å². The second-order valence-corrected chi connectivity index (χ2v) is 5.03. The molecule has 4 nitrogen and oxygen atoms in total. The average molecular weight is 295 g/mol. The first-order chi connectivity index (χ1) is 10.1. The van der Waals surface area contributed by atoms with E-state index in [2.05, 4.69) is 6.92 Å². The quantitative estimate of drug-likeness (QED) is 0.322. The van der Waals surface area contributed by atoms with Gasteiger partial charge in [0, 0.05) is 18.8 Å². The van der Waals surface area contributed by atoms with Crippen molar-refractivity contribution >= 4 is 12.3 Å². The van der Waals surface area contributed by atoms with Gasteiger partial charge in [0.15, 0.2) is 0 Å². The fourth-order valence-corrected chi connectivity index (χ4v) is 1.83. The van der Waals surface area contributed by atoms with Gasteiger partial charge in [0.2, 0.25) is 0 Å². The topological polar surface area (TPSA) is 63.6 Å². The molecule has 21 heavy (non-hydrogen) atoms. The molecule has 0 aromatic heterocycles. The molecular formula is C17H27O4. The Kier molecular flexibility index (Phi) is 11.9. The number of ketones is 1. The van der Waals surface area contributed by atoms with Gasteiger partial charge in [0.05, 0.1) is 6.10 Å². The van der Waals surface area contributed by atoms with Crippen LogP contribution in [0.2, 0.25) is 0 Å². The minimum atomic E-state index is -0.779. The standard InChI is InChI=1S/C17H27O4/c1-4-6-7-10-15(21-13-18)11-8-12-17(20)14(3)16(19)9-5-2/h5,8-9,11-16,19H,4,6-7,10H2,1-3H3/b9-5+/t14-,15+,16-/m0/s1. The largest absolute Gasteiger partial charge is 0.464 e. The van der Waals surface area contributed by atoms with Gasteiger partial charge in [0.1, 0.15) is 11.9 Å². The Morgan fingerprint density at radius 1 is 1.33 bits per heavy atom. The first-order valence-corrected chi connectivity index (χ1v) is 7.52. The van der Waals surface area contributed by atoms with Crippen molar-refractivity contribution in [2.75, 3.05) is 0 Å². The number of aliphatic hydroxyl groups excluding tert-OH is 1. The summed E-state index contributed by atoms with van der Waals surface area (Å²) in [5.41, 5.74) is 0. The zero-order valence-electron chi connectivity index (χ0n) is 13.2. The molecular weight excluding hydrogens is 268 g/mol. The zero-order valence-corrected chi connectivity index (χ0v) is 13.2. The van der Waals surface area contributed by atoms with E-state index in [9.17, 15) is 14.7 Å². The monoisotopic (exact) mass is 295 g/mol. The third kappa shape index (κ3) is 9.40. The summed E-state index contributed by atoms with van der Waals surface area (Å²) in [4.78, 5) is 22.3. The summed E-state index contributed by atoms with van der Waals surface area (Å²) in [5, 5.41) is 9.70. The molecule has 0 aliphatic rings. The van der Waals surface area contributed by atoms with E-state index >= 15 is 0 Å². The zero-order chi connectivity index (χ0) is 16.1. The molecule has 0 saturated heterocycles. The molecule has 0 rings (SSSR count). The SMILES string of the molecule is C/C=C/[C@H](O)[C@H](C)C(=O)[CH][CH][CH][C@@H](CCCCC)OC=O. The molecule has 0 fully saturated rings. The molecule has 119 valence electrons. The molecule has 0 spiro atoms. The minimum absolute atomic E-state index is 0.157. The van der Waals surface area contributed by atoms with Gasteiger partial charge >= 0.3 is 0 Å². The molecule has 1 N–H and O–H groups in total.